The number of aromatic nitrogens is 4. The maximum absolute atomic E-state index is 12.8. The predicted molar refractivity (Wildman–Crippen MR) is 135 cm³/mol. The van der Waals surface area contributed by atoms with Gasteiger partial charge < -0.3 is 25.2 Å². The number of fused-ring (bicyclic) bond motifs is 2. The lowest BCUT2D eigenvalue weighted by Gasteiger charge is -2.34. The van der Waals surface area contributed by atoms with Crippen LogP contribution in [0.25, 0.3) is 11.0 Å². The average Bonchev–Trinajstić information content (AvgIpc) is 3.31. The van der Waals surface area contributed by atoms with Gasteiger partial charge in [-0.05, 0) is 38.8 Å². The molecule has 0 aliphatic carbocycles. The topological polar surface area (TPSA) is 162 Å². The summed E-state index contributed by atoms with van der Waals surface area (Å²) in [6.07, 6.45) is 3.99. The van der Waals surface area contributed by atoms with Gasteiger partial charge in [0.1, 0.15) is 0 Å². The van der Waals surface area contributed by atoms with Crippen LogP contribution >= 0.6 is 0 Å². The quantitative estimate of drug-likeness (QED) is 0.299. The Hall–Kier alpha value is -4.22. The summed E-state index contributed by atoms with van der Waals surface area (Å²) >= 11 is 0. The molecule has 0 atom stereocenters. The zero-order valence-electron chi connectivity index (χ0n) is 20.9. The maximum Gasteiger partial charge on any atom is 0.274 e. The highest BCUT2D eigenvalue weighted by Gasteiger charge is 2.31. The fourth-order valence-corrected chi connectivity index (χ4v) is 4.42. The summed E-state index contributed by atoms with van der Waals surface area (Å²) in [7, 11) is 0. The van der Waals surface area contributed by atoms with Crippen LogP contribution in [0.2, 0.25) is 0 Å². The van der Waals surface area contributed by atoms with Gasteiger partial charge in [0.05, 0.1) is 11.9 Å². The summed E-state index contributed by atoms with van der Waals surface area (Å²) in [5.41, 5.74) is 0.664. The first kappa shape index (κ1) is 25.9. The zero-order valence-corrected chi connectivity index (χ0v) is 20.9. The van der Waals surface area contributed by atoms with E-state index in [2.05, 4.69) is 25.8 Å². The third-order valence-corrected chi connectivity index (χ3v) is 6.41. The molecular formula is C25H31N7O5. The number of carbonyl (C=O) groups excluding carboxylic acids is 3. The number of hydrogen-bond donors (Lipinski definition) is 4. The third-order valence-electron chi connectivity index (χ3n) is 6.41. The summed E-state index contributed by atoms with van der Waals surface area (Å²) in [4.78, 5) is 55.5. The van der Waals surface area contributed by atoms with Gasteiger partial charge in [0.2, 0.25) is 11.3 Å². The first-order valence-electron chi connectivity index (χ1n) is 12.4. The maximum atomic E-state index is 12.8. The van der Waals surface area contributed by atoms with Crippen LogP contribution in [0.4, 0.5) is 0 Å². The third kappa shape index (κ3) is 5.63. The molecule has 196 valence electrons. The van der Waals surface area contributed by atoms with Crippen molar-refractivity contribution in [2.75, 3.05) is 13.1 Å². The van der Waals surface area contributed by atoms with Gasteiger partial charge in [-0.3, -0.25) is 24.3 Å². The van der Waals surface area contributed by atoms with Crippen LogP contribution in [0.15, 0.2) is 29.2 Å². The fourth-order valence-electron chi connectivity index (χ4n) is 4.42. The SMILES string of the molecule is CC(C)N1CCn2c(CNC(=O)CCCCCNC(=O)c3n[nH]c4ncccc34)cc(=O)c(O)c2C1=O. The number of aromatic amines is 1. The Balaban J connectivity index is 1.21. The van der Waals surface area contributed by atoms with E-state index in [1.165, 1.54) is 6.07 Å². The lowest BCUT2D eigenvalue weighted by molar-refractivity contribution is -0.121. The Labute approximate surface area is 213 Å². The smallest absolute Gasteiger partial charge is 0.274 e. The fraction of sp³-hybridized carbons (Fsp3) is 0.440. The van der Waals surface area contributed by atoms with E-state index in [9.17, 15) is 24.3 Å². The van der Waals surface area contributed by atoms with Crippen molar-refractivity contribution in [3.05, 3.63) is 51.7 Å². The second kappa shape index (κ2) is 11.2. The molecule has 4 rings (SSSR count). The Morgan fingerprint density at radius 3 is 2.76 bits per heavy atom. The van der Waals surface area contributed by atoms with Gasteiger partial charge in [0.25, 0.3) is 11.8 Å². The molecule has 0 spiro atoms. The minimum absolute atomic E-state index is 0.0298. The second-order valence-electron chi connectivity index (χ2n) is 9.26. The zero-order chi connectivity index (χ0) is 26.5. The number of hydrogen-bond acceptors (Lipinski definition) is 7. The molecule has 4 heterocycles. The first-order chi connectivity index (χ1) is 17.8. The molecule has 12 heteroatoms. The van der Waals surface area contributed by atoms with Crippen LogP contribution in [-0.2, 0) is 17.9 Å². The Morgan fingerprint density at radius 1 is 1.16 bits per heavy atom. The van der Waals surface area contributed by atoms with Crippen LogP contribution in [0.3, 0.4) is 0 Å². The van der Waals surface area contributed by atoms with Gasteiger partial charge in [-0.15, -0.1) is 0 Å². The first-order valence-corrected chi connectivity index (χ1v) is 12.4. The van der Waals surface area contributed by atoms with Crippen molar-refractivity contribution in [1.29, 1.82) is 0 Å². The molecule has 0 unspecified atom stereocenters. The molecule has 1 aliphatic rings. The number of pyridine rings is 2. The van der Waals surface area contributed by atoms with E-state index < -0.39 is 17.1 Å². The van der Waals surface area contributed by atoms with E-state index in [0.717, 1.165) is 6.42 Å². The molecule has 0 fully saturated rings. The van der Waals surface area contributed by atoms with Crippen molar-refractivity contribution in [2.24, 2.45) is 0 Å². The summed E-state index contributed by atoms with van der Waals surface area (Å²) in [5.74, 6) is -1.41. The molecule has 3 aromatic rings. The van der Waals surface area contributed by atoms with Crippen molar-refractivity contribution >= 4 is 28.8 Å². The number of amides is 3. The van der Waals surface area contributed by atoms with Crippen molar-refractivity contribution in [2.45, 2.75) is 58.7 Å². The van der Waals surface area contributed by atoms with Gasteiger partial charge in [-0.25, -0.2) is 4.98 Å². The Morgan fingerprint density at radius 2 is 1.97 bits per heavy atom. The predicted octanol–water partition coefficient (Wildman–Crippen LogP) is 1.30. The number of nitrogens with zero attached hydrogens (tertiary/aromatic N) is 4. The molecule has 4 N–H and O–H groups in total. The summed E-state index contributed by atoms with van der Waals surface area (Å²) in [6.45, 7) is 5.17. The molecule has 12 nitrogen and oxygen atoms in total. The van der Waals surface area contributed by atoms with E-state index in [4.69, 9.17) is 0 Å². The number of aromatic hydroxyl groups is 1. The lowest BCUT2D eigenvalue weighted by atomic mass is 10.1. The van der Waals surface area contributed by atoms with Crippen LogP contribution in [-0.4, -0.2) is 66.6 Å². The number of carbonyl (C=O) groups is 3. The van der Waals surface area contributed by atoms with Crippen molar-refractivity contribution < 1.29 is 19.5 Å². The highest BCUT2D eigenvalue weighted by molar-refractivity contribution is 6.03. The van der Waals surface area contributed by atoms with Crippen LogP contribution < -0.4 is 16.1 Å². The highest BCUT2D eigenvalue weighted by Crippen LogP contribution is 2.22. The van der Waals surface area contributed by atoms with Gasteiger partial charge >= 0.3 is 0 Å². The van der Waals surface area contributed by atoms with Crippen LogP contribution in [0.5, 0.6) is 5.75 Å². The molecule has 3 amide bonds. The molecular weight excluding hydrogens is 478 g/mol. The van der Waals surface area contributed by atoms with Gasteiger partial charge in [-0.1, -0.05) is 6.42 Å². The van der Waals surface area contributed by atoms with Gasteiger partial charge in [0.15, 0.2) is 22.8 Å². The molecule has 0 saturated carbocycles. The van der Waals surface area contributed by atoms with E-state index in [0.29, 0.717) is 61.3 Å². The summed E-state index contributed by atoms with van der Waals surface area (Å²) in [5, 5.41) is 23.3. The normalized spacial score (nSPS) is 13.2. The summed E-state index contributed by atoms with van der Waals surface area (Å²) < 4.78 is 1.61. The molecule has 0 saturated heterocycles. The van der Waals surface area contributed by atoms with E-state index in [-0.39, 0.29) is 30.1 Å². The molecule has 3 aromatic heterocycles. The van der Waals surface area contributed by atoms with Gasteiger partial charge in [-0.2, -0.15) is 5.10 Å². The van der Waals surface area contributed by atoms with Crippen molar-refractivity contribution in [1.82, 2.24) is 35.3 Å². The van der Waals surface area contributed by atoms with E-state index >= 15 is 0 Å². The largest absolute Gasteiger partial charge is 0.503 e. The van der Waals surface area contributed by atoms with Crippen LogP contribution in [0.1, 0.15) is 66.2 Å². The highest BCUT2D eigenvalue weighted by atomic mass is 16.3. The monoisotopic (exact) mass is 509 g/mol. The minimum Gasteiger partial charge on any atom is -0.503 e. The number of rotatable bonds is 10. The minimum atomic E-state index is -0.643. The second-order valence-corrected chi connectivity index (χ2v) is 9.26. The number of H-pyrrole nitrogens is 1. The lowest BCUT2D eigenvalue weighted by Crippen LogP contribution is -2.46. The van der Waals surface area contributed by atoms with E-state index in [1.807, 2.05) is 13.8 Å². The number of nitrogens with one attached hydrogen (secondary N) is 3. The van der Waals surface area contributed by atoms with Crippen molar-refractivity contribution in [3.63, 3.8) is 0 Å². The summed E-state index contributed by atoms with van der Waals surface area (Å²) in [6, 6.07) is 4.73. The van der Waals surface area contributed by atoms with E-state index in [1.54, 1.807) is 27.8 Å². The molecule has 0 bridgehead atoms. The molecule has 0 radical (unpaired) electrons. The standard InChI is InChI=1S/C25H31N7O5/c1-15(2)31-11-12-32-16(13-18(33)22(35)21(32)25(31)37)14-28-19(34)8-4-3-5-9-27-24(36)20-17-7-6-10-26-23(17)30-29-20/h6-7,10,13,15,35H,3-5,8-9,11-12,14H2,1-2H3,(H,27,36)(H,28,34)(H,26,29,30). The Kier molecular flexibility index (Phi) is 7.85. The average molecular weight is 510 g/mol. The molecule has 0 aromatic carbocycles. The molecule has 1 aliphatic heterocycles. The van der Waals surface area contributed by atoms with Gasteiger partial charge in [0, 0.05) is 50.1 Å². The molecule has 37 heavy (non-hydrogen) atoms. The van der Waals surface area contributed by atoms with Crippen molar-refractivity contribution in [3.8, 4) is 5.75 Å². The Bertz CT molecular complexity index is 1380. The number of unbranched alkanes of at least 4 members (excludes halogenated alkanes) is 2. The van der Waals surface area contributed by atoms with Crippen LogP contribution in [0, 0.1) is 0 Å².